The Balaban J connectivity index is 1.99. The highest BCUT2D eigenvalue weighted by molar-refractivity contribution is 6.30. The van der Waals surface area contributed by atoms with Gasteiger partial charge in [-0.25, -0.2) is 4.39 Å². The molecule has 0 aromatic heterocycles. The number of hydrogen-bond donors (Lipinski definition) is 2. The van der Waals surface area contributed by atoms with E-state index in [1.165, 1.54) is 12.1 Å². The average Bonchev–Trinajstić information content (AvgIpc) is 2.45. The summed E-state index contributed by atoms with van der Waals surface area (Å²) in [6.07, 6.45) is -0.837. The van der Waals surface area contributed by atoms with Gasteiger partial charge in [-0.15, -0.1) is 0 Å². The monoisotopic (exact) mass is 293 g/mol. The Hall–Kier alpha value is -1.91. The fraction of sp³-hybridized carbons (Fsp3) is 0.133. The van der Waals surface area contributed by atoms with Crippen molar-refractivity contribution in [2.24, 2.45) is 0 Å². The van der Waals surface area contributed by atoms with Crippen molar-refractivity contribution in [3.8, 4) is 0 Å². The molecule has 1 atom stereocenters. The fourth-order valence-electron chi connectivity index (χ4n) is 1.75. The van der Waals surface area contributed by atoms with Gasteiger partial charge in [-0.1, -0.05) is 41.9 Å². The highest BCUT2D eigenvalue weighted by Gasteiger charge is 2.14. The number of amides is 1. The molecule has 2 N–H and O–H groups in total. The van der Waals surface area contributed by atoms with Crippen LogP contribution in [0.5, 0.6) is 0 Å². The van der Waals surface area contributed by atoms with Crippen molar-refractivity contribution in [1.82, 2.24) is 5.32 Å². The van der Waals surface area contributed by atoms with Gasteiger partial charge in [0.2, 0.25) is 0 Å². The number of nitrogens with one attached hydrogen (secondary N) is 1. The summed E-state index contributed by atoms with van der Waals surface area (Å²) in [7, 11) is 0. The Morgan fingerprint density at radius 1 is 1.25 bits per heavy atom. The molecule has 0 aliphatic carbocycles. The molecule has 2 rings (SSSR count). The smallest absolute Gasteiger partial charge is 0.254 e. The predicted octanol–water partition coefficient (Wildman–Crippen LogP) is 2.94. The van der Waals surface area contributed by atoms with Gasteiger partial charge in [0.05, 0.1) is 11.7 Å². The SMILES string of the molecule is O=C(NCC(O)c1ccccc1)c1ccc(Cl)cc1F. The van der Waals surface area contributed by atoms with Crippen LogP contribution in [0.4, 0.5) is 4.39 Å². The first-order valence-electron chi connectivity index (χ1n) is 6.04. The first-order valence-corrected chi connectivity index (χ1v) is 6.42. The summed E-state index contributed by atoms with van der Waals surface area (Å²) in [4.78, 5) is 11.8. The summed E-state index contributed by atoms with van der Waals surface area (Å²) < 4.78 is 13.5. The van der Waals surface area contributed by atoms with Gasteiger partial charge in [0, 0.05) is 11.6 Å². The summed E-state index contributed by atoms with van der Waals surface area (Å²) >= 11 is 5.62. The van der Waals surface area contributed by atoms with Gasteiger partial charge in [-0.3, -0.25) is 4.79 Å². The van der Waals surface area contributed by atoms with Gasteiger partial charge in [-0.05, 0) is 23.8 Å². The van der Waals surface area contributed by atoms with Crippen LogP contribution in [-0.4, -0.2) is 17.6 Å². The third-order valence-corrected chi connectivity index (χ3v) is 3.05. The van der Waals surface area contributed by atoms with Crippen LogP contribution in [0.3, 0.4) is 0 Å². The number of hydrogen-bond acceptors (Lipinski definition) is 2. The summed E-state index contributed by atoms with van der Waals surface area (Å²) in [5.74, 6) is -1.28. The normalized spacial score (nSPS) is 11.9. The average molecular weight is 294 g/mol. The Labute approximate surface area is 121 Å². The molecule has 2 aromatic carbocycles. The Morgan fingerprint density at radius 2 is 1.95 bits per heavy atom. The molecule has 0 aliphatic heterocycles. The van der Waals surface area contributed by atoms with E-state index >= 15 is 0 Å². The Bertz CT molecular complexity index is 604. The van der Waals surface area contributed by atoms with Gasteiger partial charge in [0.1, 0.15) is 5.82 Å². The van der Waals surface area contributed by atoms with Crippen LogP contribution in [0.15, 0.2) is 48.5 Å². The fourth-order valence-corrected chi connectivity index (χ4v) is 1.91. The lowest BCUT2D eigenvalue weighted by Gasteiger charge is -2.12. The van der Waals surface area contributed by atoms with Crippen LogP contribution in [-0.2, 0) is 0 Å². The van der Waals surface area contributed by atoms with Crippen LogP contribution in [0.25, 0.3) is 0 Å². The van der Waals surface area contributed by atoms with E-state index in [4.69, 9.17) is 11.6 Å². The molecule has 0 aliphatic rings. The predicted molar refractivity (Wildman–Crippen MR) is 75.1 cm³/mol. The maximum absolute atomic E-state index is 13.5. The molecule has 2 aromatic rings. The minimum absolute atomic E-state index is 0.00487. The highest BCUT2D eigenvalue weighted by atomic mass is 35.5. The molecule has 20 heavy (non-hydrogen) atoms. The van der Waals surface area contributed by atoms with E-state index in [-0.39, 0.29) is 17.1 Å². The second-order valence-corrected chi connectivity index (χ2v) is 4.70. The molecule has 0 saturated carbocycles. The van der Waals surface area contributed by atoms with E-state index in [1.54, 1.807) is 24.3 Å². The molecule has 3 nitrogen and oxygen atoms in total. The van der Waals surface area contributed by atoms with E-state index in [2.05, 4.69) is 5.32 Å². The lowest BCUT2D eigenvalue weighted by Crippen LogP contribution is -2.29. The van der Waals surface area contributed by atoms with Crippen LogP contribution in [0.2, 0.25) is 5.02 Å². The summed E-state index contributed by atoms with van der Waals surface area (Å²) in [5, 5.41) is 12.6. The number of carbonyl (C=O) groups is 1. The highest BCUT2D eigenvalue weighted by Crippen LogP contribution is 2.15. The maximum atomic E-state index is 13.5. The molecule has 0 heterocycles. The molecule has 0 fully saturated rings. The van der Waals surface area contributed by atoms with Crippen LogP contribution in [0, 0.1) is 5.82 Å². The third kappa shape index (κ3) is 3.56. The summed E-state index contributed by atoms with van der Waals surface area (Å²) in [5.41, 5.74) is 0.582. The Morgan fingerprint density at radius 3 is 2.60 bits per heavy atom. The molecule has 1 amide bonds. The second-order valence-electron chi connectivity index (χ2n) is 4.26. The zero-order chi connectivity index (χ0) is 14.5. The van der Waals surface area contributed by atoms with E-state index < -0.39 is 17.8 Å². The number of rotatable bonds is 4. The van der Waals surface area contributed by atoms with Crippen molar-refractivity contribution in [3.05, 3.63) is 70.5 Å². The van der Waals surface area contributed by atoms with Crippen LogP contribution >= 0.6 is 11.6 Å². The summed E-state index contributed by atoms with van der Waals surface area (Å²) in [6, 6.07) is 12.7. The standard InChI is InChI=1S/C15H13ClFNO2/c16-11-6-7-12(13(17)8-11)15(20)18-9-14(19)10-4-2-1-3-5-10/h1-8,14,19H,9H2,(H,18,20). The lowest BCUT2D eigenvalue weighted by atomic mass is 10.1. The number of halogens is 2. The molecule has 0 saturated heterocycles. The van der Waals surface area contributed by atoms with Gasteiger partial charge in [0.25, 0.3) is 5.91 Å². The van der Waals surface area contributed by atoms with E-state index in [1.807, 2.05) is 6.07 Å². The zero-order valence-corrected chi connectivity index (χ0v) is 11.3. The van der Waals surface area contributed by atoms with Gasteiger partial charge in [-0.2, -0.15) is 0 Å². The second kappa shape index (κ2) is 6.50. The first kappa shape index (κ1) is 14.5. The quantitative estimate of drug-likeness (QED) is 0.910. The van der Waals surface area contributed by atoms with Crippen molar-refractivity contribution in [3.63, 3.8) is 0 Å². The molecule has 0 radical (unpaired) electrons. The van der Waals surface area contributed by atoms with Crippen LogP contribution in [0.1, 0.15) is 22.0 Å². The molecule has 104 valence electrons. The maximum Gasteiger partial charge on any atom is 0.254 e. The van der Waals surface area contributed by atoms with Crippen molar-refractivity contribution >= 4 is 17.5 Å². The number of aliphatic hydroxyl groups excluding tert-OH is 1. The third-order valence-electron chi connectivity index (χ3n) is 2.82. The zero-order valence-electron chi connectivity index (χ0n) is 10.5. The summed E-state index contributed by atoms with van der Waals surface area (Å²) in [6.45, 7) is 0.00487. The van der Waals surface area contributed by atoms with Crippen molar-refractivity contribution in [1.29, 1.82) is 0 Å². The van der Waals surface area contributed by atoms with Crippen molar-refractivity contribution < 1.29 is 14.3 Å². The van der Waals surface area contributed by atoms with Gasteiger partial charge in [0.15, 0.2) is 0 Å². The topological polar surface area (TPSA) is 49.3 Å². The molecular weight excluding hydrogens is 281 g/mol. The van der Waals surface area contributed by atoms with E-state index in [0.717, 1.165) is 6.07 Å². The molecule has 0 bridgehead atoms. The Kier molecular flexibility index (Phi) is 4.71. The molecule has 0 spiro atoms. The molecule has 1 unspecified atom stereocenters. The minimum atomic E-state index is -0.837. The first-order chi connectivity index (χ1) is 9.58. The van der Waals surface area contributed by atoms with Crippen LogP contribution < -0.4 is 5.32 Å². The molecular formula is C15H13ClFNO2. The number of benzene rings is 2. The number of aliphatic hydroxyl groups is 1. The minimum Gasteiger partial charge on any atom is -0.387 e. The largest absolute Gasteiger partial charge is 0.387 e. The molecule has 5 heteroatoms. The van der Waals surface area contributed by atoms with Crippen molar-refractivity contribution in [2.75, 3.05) is 6.54 Å². The number of carbonyl (C=O) groups excluding carboxylic acids is 1. The van der Waals surface area contributed by atoms with Crippen molar-refractivity contribution in [2.45, 2.75) is 6.10 Å². The lowest BCUT2D eigenvalue weighted by molar-refractivity contribution is 0.0912. The van der Waals surface area contributed by atoms with E-state index in [9.17, 15) is 14.3 Å². The van der Waals surface area contributed by atoms with Gasteiger partial charge >= 0.3 is 0 Å². The van der Waals surface area contributed by atoms with E-state index in [0.29, 0.717) is 5.56 Å². The van der Waals surface area contributed by atoms with Gasteiger partial charge < -0.3 is 10.4 Å².